The molecule has 2 fully saturated rings. The molecule has 0 radical (unpaired) electrons. The number of halogens is 1. The number of nitro benzene ring substituents is 1. The van der Waals surface area contributed by atoms with Crippen LogP contribution in [0.4, 0.5) is 5.69 Å². The highest BCUT2D eigenvalue weighted by atomic mass is 35.5. The smallest absolute Gasteiger partial charge is 0.313 e. The molecule has 8 nitrogen and oxygen atoms in total. The number of hydrazone groups is 1. The molecular weight excluding hydrogens is 398 g/mol. The summed E-state index contributed by atoms with van der Waals surface area (Å²) in [5.41, 5.74) is -0.0549. The number of imide groups is 1. The summed E-state index contributed by atoms with van der Waals surface area (Å²) in [5, 5.41) is 16.6. The zero-order valence-electron chi connectivity index (χ0n) is 15.9. The zero-order valence-corrected chi connectivity index (χ0v) is 16.7. The first-order chi connectivity index (χ1) is 13.8. The first-order valence-electron chi connectivity index (χ1n) is 9.56. The van der Waals surface area contributed by atoms with Gasteiger partial charge in [-0.25, -0.2) is 0 Å². The number of rotatable bonds is 6. The number of benzene rings is 1. The van der Waals surface area contributed by atoms with Gasteiger partial charge in [0.1, 0.15) is 0 Å². The highest BCUT2D eigenvalue weighted by Crippen LogP contribution is 2.52. The SMILES string of the molecule is CC[C@H](C)Oc1c(C=NN2C(=O)[C@@H]3[C@H](C2=O)[C@H]2C=C[C@H]3C2)cc(Cl)cc1[N+](=O)[O-]. The van der Waals surface area contributed by atoms with E-state index >= 15 is 0 Å². The fourth-order valence-electron chi connectivity index (χ4n) is 4.36. The van der Waals surface area contributed by atoms with Crippen LogP contribution in [0.5, 0.6) is 5.75 Å². The van der Waals surface area contributed by atoms with Crippen LogP contribution in [0.25, 0.3) is 0 Å². The summed E-state index contributed by atoms with van der Waals surface area (Å²) in [6, 6.07) is 2.67. The standard InChI is InChI=1S/C20H20ClN3O5/c1-3-10(2)29-18-13(7-14(21)8-15(18)24(27)28)9-22-23-19(25)16-11-4-5-12(6-11)17(16)20(23)26/h4-5,7-12,16-17H,3,6H2,1-2H3/t10-,11-,12-,16-,17+/m0/s1. The van der Waals surface area contributed by atoms with Crippen molar-refractivity contribution in [2.75, 3.05) is 0 Å². The van der Waals surface area contributed by atoms with Crippen LogP contribution < -0.4 is 4.74 Å². The molecule has 3 aliphatic rings. The highest BCUT2D eigenvalue weighted by molar-refractivity contribution is 6.31. The molecule has 1 aromatic carbocycles. The van der Waals surface area contributed by atoms with Gasteiger partial charge in [0, 0.05) is 16.7 Å². The Bertz CT molecular complexity index is 930. The van der Waals surface area contributed by atoms with Crippen molar-refractivity contribution in [3.05, 3.63) is 45.0 Å². The van der Waals surface area contributed by atoms with Crippen molar-refractivity contribution in [2.24, 2.45) is 28.8 Å². The Hall–Kier alpha value is -2.74. The molecular formula is C20H20ClN3O5. The van der Waals surface area contributed by atoms with Gasteiger partial charge < -0.3 is 4.74 Å². The molecule has 2 amide bonds. The summed E-state index contributed by atoms with van der Waals surface area (Å²) in [7, 11) is 0. The van der Waals surface area contributed by atoms with E-state index in [4.69, 9.17) is 16.3 Å². The normalized spacial score (nSPS) is 28.4. The second-order valence-electron chi connectivity index (χ2n) is 7.67. The highest BCUT2D eigenvalue weighted by Gasteiger charge is 2.59. The zero-order chi connectivity index (χ0) is 20.9. The lowest BCUT2D eigenvalue weighted by molar-refractivity contribution is -0.386. The van der Waals surface area contributed by atoms with E-state index in [0.717, 1.165) is 11.4 Å². The van der Waals surface area contributed by atoms with E-state index in [1.165, 1.54) is 18.3 Å². The van der Waals surface area contributed by atoms with Gasteiger partial charge in [-0.15, -0.1) is 0 Å². The first-order valence-corrected chi connectivity index (χ1v) is 9.94. The molecule has 2 aliphatic carbocycles. The van der Waals surface area contributed by atoms with Crippen LogP contribution in [0.2, 0.25) is 5.02 Å². The van der Waals surface area contributed by atoms with Gasteiger partial charge in [-0.1, -0.05) is 30.7 Å². The number of nitrogens with zero attached hydrogens (tertiary/aromatic N) is 3. The van der Waals surface area contributed by atoms with Crippen molar-refractivity contribution in [3.8, 4) is 5.75 Å². The number of hydrogen-bond donors (Lipinski definition) is 0. The molecule has 1 heterocycles. The van der Waals surface area contributed by atoms with E-state index in [1.54, 1.807) is 6.92 Å². The van der Waals surface area contributed by atoms with Gasteiger partial charge in [-0.3, -0.25) is 19.7 Å². The Kier molecular flexibility index (Phi) is 4.90. The number of fused-ring (bicyclic) bond motifs is 5. The Labute approximate surface area is 172 Å². The van der Waals surface area contributed by atoms with E-state index in [9.17, 15) is 19.7 Å². The molecule has 1 saturated carbocycles. The predicted molar refractivity (Wildman–Crippen MR) is 106 cm³/mol. The molecule has 2 bridgehead atoms. The van der Waals surface area contributed by atoms with Gasteiger partial charge in [-0.05, 0) is 37.7 Å². The molecule has 0 N–H and O–H groups in total. The van der Waals surface area contributed by atoms with Gasteiger partial charge in [-0.2, -0.15) is 10.1 Å². The maximum absolute atomic E-state index is 12.8. The molecule has 152 valence electrons. The number of ether oxygens (including phenoxy) is 1. The second-order valence-corrected chi connectivity index (χ2v) is 8.11. The van der Waals surface area contributed by atoms with E-state index in [1.807, 2.05) is 19.1 Å². The Morgan fingerprint density at radius 1 is 1.31 bits per heavy atom. The summed E-state index contributed by atoms with van der Waals surface area (Å²) < 4.78 is 5.74. The van der Waals surface area contributed by atoms with Crippen molar-refractivity contribution in [1.29, 1.82) is 0 Å². The molecule has 5 atom stereocenters. The number of amides is 2. The second kappa shape index (κ2) is 7.26. The molecule has 0 unspecified atom stereocenters. The Morgan fingerprint density at radius 3 is 2.48 bits per heavy atom. The lowest BCUT2D eigenvalue weighted by Gasteiger charge is -2.15. The van der Waals surface area contributed by atoms with Crippen molar-refractivity contribution in [3.63, 3.8) is 0 Å². The first kappa shape index (κ1) is 19.6. The molecule has 1 saturated heterocycles. The molecule has 1 aromatic rings. The largest absolute Gasteiger partial charge is 0.483 e. The molecule has 0 spiro atoms. The fourth-order valence-corrected chi connectivity index (χ4v) is 4.59. The van der Waals surface area contributed by atoms with Crippen LogP contribution in [0.1, 0.15) is 32.3 Å². The van der Waals surface area contributed by atoms with Crippen LogP contribution in [-0.2, 0) is 9.59 Å². The maximum atomic E-state index is 12.8. The lowest BCUT2D eigenvalue weighted by Crippen LogP contribution is -2.28. The minimum atomic E-state index is -0.582. The Balaban J connectivity index is 1.67. The number of carbonyl (C=O) groups excluding carboxylic acids is 2. The molecule has 4 rings (SSSR count). The quantitative estimate of drug-likeness (QED) is 0.231. The van der Waals surface area contributed by atoms with Crippen LogP contribution >= 0.6 is 11.6 Å². The summed E-state index contributed by atoms with van der Waals surface area (Å²) >= 11 is 6.04. The van der Waals surface area contributed by atoms with Gasteiger partial charge in [0.15, 0.2) is 0 Å². The summed E-state index contributed by atoms with van der Waals surface area (Å²) in [6.45, 7) is 3.68. The molecule has 1 aliphatic heterocycles. The van der Waals surface area contributed by atoms with Crippen molar-refractivity contribution >= 4 is 35.3 Å². The summed E-state index contributed by atoms with van der Waals surface area (Å²) in [5.74, 6) is -1.20. The minimum Gasteiger partial charge on any atom is -0.483 e. The monoisotopic (exact) mass is 417 g/mol. The maximum Gasteiger partial charge on any atom is 0.313 e. The van der Waals surface area contributed by atoms with Crippen LogP contribution in [-0.4, -0.2) is 34.1 Å². The number of carbonyl (C=O) groups is 2. The fraction of sp³-hybridized carbons (Fsp3) is 0.450. The van der Waals surface area contributed by atoms with Crippen LogP contribution in [0.3, 0.4) is 0 Å². The molecule has 9 heteroatoms. The van der Waals surface area contributed by atoms with E-state index < -0.39 is 4.92 Å². The van der Waals surface area contributed by atoms with Gasteiger partial charge in [0.2, 0.25) is 5.75 Å². The van der Waals surface area contributed by atoms with E-state index in [-0.39, 0.29) is 63.6 Å². The Morgan fingerprint density at radius 2 is 1.93 bits per heavy atom. The van der Waals surface area contributed by atoms with Crippen molar-refractivity contribution in [2.45, 2.75) is 32.8 Å². The van der Waals surface area contributed by atoms with Gasteiger partial charge >= 0.3 is 5.69 Å². The van der Waals surface area contributed by atoms with E-state index in [2.05, 4.69) is 5.10 Å². The number of nitro groups is 1. The molecule has 0 aromatic heterocycles. The minimum absolute atomic E-state index is 0.0125. The topological polar surface area (TPSA) is 102 Å². The van der Waals surface area contributed by atoms with Crippen LogP contribution in [0, 0.1) is 33.8 Å². The average molecular weight is 418 g/mol. The third-order valence-corrected chi connectivity index (χ3v) is 6.13. The number of hydrogen-bond acceptors (Lipinski definition) is 6. The third kappa shape index (κ3) is 3.21. The van der Waals surface area contributed by atoms with Crippen molar-refractivity contribution in [1.82, 2.24) is 5.01 Å². The van der Waals surface area contributed by atoms with E-state index in [0.29, 0.717) is 6.42 Å². The summed E-state index contributed by atoms with van der Waals surface area (Å²) in [4.78, 5) is 36.4. The number of allylic oxidation sites excluding steroid dienone is 2. The van der Waals surface area contributed by atoms with Gasteiger partial charge in [0.25, 0.3) is 11.8 Å². The van der Waals surface area contributed by atoms with Crippen LogP contribution in [0.15, 0.2) is 29.4 Å². The predicted octanol–water partition coefficient (Wildman–Crippen LogP) is 3.57. The lowest BCUT2D eigenvalue weighted by atomic mass is 9.85. The van der Waals surface area contributed by atoms with Crippen molar-refractivity contribution < 1.29 is 19.2 Å². The summed E-state index contributed by atoms with van der Waals surface area (Å²) in [6.07, 6.45) is 6.43. The van der Waals surface area contributed by atoms with Gasteiger partial charge in [0.05, 0.1) is 29.1 Å². The third-order valence-electron chi connectivity index (χ3n) is 5.91. The molecule has 29 heavy (non-hydrogen) atoms. The average Bonchev–Trinajstić information content (AvgIpc) is 3.36.